The minimum absolute atomic E-state index is 0.0463. The fourth-order valence-corrected chi connectivity index (χ4v) is 0.904. The van der Waals surface area contributed by atoms with Crippen molar-refractivity contribution in [1.29, 1.82) is 0 Å². The number of terminal acetylenes is 1. The molecule has 2 heteroatoms. The quantitative estimate of drug-likeness (QED) is 0.514. The summed E-state index contributed by atoms with van der Waals surface area (Å²) in [7, 11) is 3.75. The molecule has 0 unspecified atom stereocenters. The Bertz CT molecular complexity index is 74.9. The third kappa shape index (κ3) is 12.6. The molecule has 0 aromatic carbocycles. The van der Waals surface area contributed by atoms with E-state index in [1.165, 1.54) is 12.8 Å². The van der Waals surface area contributed by atoms with Crippen LogP contribution in [-0.2, 0) is 0 Å². The number of aliphatic hydroxyl groups is 1. The first-order valence-corrected chi connectivity index (χ1v) is 3.91. The predicted molar refractivity (Wildman–Crippen MR) is 49.3 cm³/mol. The van der Waals surface area contributed by atoms with Gasteiger partial charge in [-0.3, -0.25) is 0 Å². The first-order valence-electron chi connectivity index (χ1n) is 3.91. The molecule has 1 aliphatic carbocycles. The summed E-state index contributed by atoms with van der Waals surface area (Å²) in [6.07, 6.45) is 12.6. The van der Waals surface area contributed by atoms with Gasteiger partial charge in [0.25, 0.3) is 0 Å². The maximum atomic E-state index is 8.73. The van der Waals surface area contributed by atoms with Crippen LogP contribution in [0.3, 0.4) is 0 Å². The third-order valence-corrected chi connectivity index (χ3v) is 1.32. The summed E-state index contributed by atoms with van der Waals surface area (Å²) in [6, 6.07) is 0. The van der Waals surface area contributed by atoms with E-state index in [0.717, 1.165) is 12.8 Å². The molecular weight excluding hydrogens is 138 g/mol. The second-order valence-corrected chi connectivity index (χ2v) is 2.44. The summed E-state index contributed by atoms with van der Waals surface area (Å²) in [6.45, 7) is 0. The van der Waals surface area contributed by atoms with Crippen LogP contribution in [0.4, 0.5) is 0 Å². The highest BCUT2D eigenvalue weighted by Gasteiger charge is 2.09. The molecule has 0 aromatic rings. The van der Waals surface area contributed by atoms with E-state index in [0.29, 0.717) is 0 Å². The number of rotatable bonds is 0. The summed E-state index contributed by atoms with van der Waals surface area (Å²) < 4.78 is 0. The zero-order valence-corrected chi connectivity index (χ0v) is 7.51. The third-order valence-electron chi connectivity index (χ3n) is 1.32. The molecule has 0 heterocycles. The Labute approximate surface area is 70.0 Å². The zero-order chi connectivity index (χ0) is 9.11. The number of hydrogen-bond donors (Lipinski definition) is 2. The van der Waals surface area contributed by atoms with Crippen LogP contribution < -0.4 is 5.32 Å². The molecule has 0 spiro atoms. The number of nitrogens with one attached hydrogen (secondary N) is 1. The van der Waals surface area contributed by atoms with Crippen molar-refractivity contribution in [2.24, 2.45) is 0 Å². The Morgan fingerprint density at radius 1 is 1.18 bits per heavy atom. The lowest BCUT2D eigenvalue weighted by Crippen LogP contribution is -1.94. The zero-order valence-electron chi connectivity index (χ0n) is 7.51. The van der Waals surface area contributed by atoms with E-state index in [1.807, 2.05) is 14.1 Å². The topological polar surface area (TPSA) is 32.3 Å². The number of hydrogen-bond acceptors (Lipinski definition) is 2. The van der Waals surface area contributed by atoms with Crippen molar-refractivity contribution >= 4 is 0 Å². The van der Waals surface area contributed by atoms with Gasteiger partial charge in [-0.25, -0.2) is 0 Å². The molecule has 1 saturated carbocycles. The van der Waals surface area contributed by atoms with Gasteiger partial charge in [0.15, 0.2) is 0 Å². The first-order chi connectivity index (χ1) is 5.31. The lowest BCUT2D eigenvalue weighted by atomic mass is 10.3. The second-order valence-electron chi connectivity index (χ2n) is 2.44. The summed E-state index contributed by atoms with van der Waals surface area (Å²) in [5, 5.41) is 11.5. The molecule has 0 aliphatic heterocycles. The van der Waals surface area contributed by atoms with E-state index in [9.17, 15) is 0 Å². The van der Waals surface area contributed by atoms with Crippen LogP contribution in [0.15, 0.2) is 0 Å². The summed E-state index contributed by atoms with van der Waals surface area (Å²) in [5.74, 6) is 0. The Morgan fingerprint density at radius 2 is 1.45 bits per heavy atom. The Kier molecular flexibility index (Phi) is 14.5. The molecule has 11 heavy (non-hydrogen) atoms. The maximum Gasteiger partial charge on any atom is 0.0540 e. The van der Waals surface area contributed by atoms with Gasteiger partial charge in [-0.05, 0) is 26.9 Å². The Balaban J connectivity index is 0. The standard InChI is InChI=1S/C5H10O.C2H7N.C2H2/c6-5-3-1-2-4-5;1-3-2;1-2/h5-6H,1-4H2;3H,1-2H3;1-2H. The highest BCUT2D eigenvalue weighted by Crippen LogP contribution is 2.16. The molecule has 1 fully saturated rings. The van der Waals surface area contributed by atoms with Crippen molar-refractivity contribution in [3.8, 4) is 12.8 Å². The van der Waals surface area contributed by atoms with Crippen LogP contribution in [0.1, 0.15) is 25.7 Å². The molecule has 0 radical (unpaired) electrons. The molecule has 1 rings (SSSR count). The fourth-order valence-electron chi connectivity index (χ4n) is 0.904. The molecule has 0 atom stereocenters. The smallest absolute Gasteiger partial charge is 0.0540 e. The summed E-state index contributed by atoms with van der Waals surface area (Å²) >= 11 is 0. The molecule has 66 valence electrons. The lowest BCUT2D eigenvalue weighted by molar-refractivity contribution is 0.183. The molecule has 2 N–H and O–H groups in total. The van der Waals surface area contributed by atoms with E-state index in [-0.39, 0.29) is 6.10 Å². The molecular formula is C9H19NO. The monoisotopic (exact) mass is 157 g/mol. The number of aliphatic hydroxyl groups excluding tert-OH is 1. The van der Waals surface area contributed by atoms with Gasteiger partial charge in [-0.15, -0.1) is 12.8 Å². The largest absolute Gasteiger partial charge is 0.393 e. The minimum Gasteiger partial charge on any atom is -0.393 e. The van der Waals surface area contributed by atoms with Crippen LogP contribution in [0.25, 0.3) is 0 Å². The lowest BCUT2D eigenvalue weighted by Gasteiger charge is -1.91. The van der Waals surface area contributed by atoms with Crippen LogP contribution in [-0.4, -0.2) is 25.3 Å². The van der Waals surface area contributed by atoms with Crippen LogP contribution in [0.5, 0.6) is 0 Å². The van der Waals surface area contributed by atoms with Gasteiger partial charge in [0, 0.05) is 0 Å². The second kappa shape index (κ2) is 12.2. The van der Waals surface area contributed by atoms with Gasteiger partial charge in [-0.1, -0.05) is 12.8 Å². The highest BCUT2D eigenvalue weighted by atomic mass is 16.3. The van der Waals surface area contributed by atoms with Crippen molar-refractivity contribution in [2.45, 2.75) is 31.8 Å². The van der Waals surface area contributed by atoms with Crippen LogP contribution in [0.2, 0.25) is 0 Å². The van der Waals surface area contributed by atoms with Crippen LogP contribution >= 0.6 is 0 Å². The summed E-state index contributed by atoms with van der Waals surface area (Å²) in [5.41, 5.74) is 0. The van der Waals surface area contributed by atoms with E-state index in [4.69, 9.17) is 5.11 Å². The van der Waals surface area contributed by atoms with Crippen molar-refractivity contribution < 1.29 is 5.11 Å². The molecule has 0 aromatic heterocycles. The first kappa shape index (κ1) is 13.1. The SMILES string of the molecule is C#C.CNC.OC1CCCC1. The molecule has 0 amide bonds. The van der Waals surface area contributed by atoms with Crippen LogP contribution in [0, 0.1) is 12.8 Å². The molecule has 1 aliphatic rings. The van der Waals surface area contributed by atoms with E-state index >= 15 is 0 Å². The molecule has 2 nitrogen and oxygen atoms in total. The van der Waals surface area contributed by atoms with Crippen molar-refractivity contribution in [3.05, 3.63) is 0 Å². The van der Waals surface area contributed by atoms with Gasteiger partial charge in [0.05, 0.1) is 6.10 Å². The molecule has 0 bridgehead atoms. The van der Waals surface area contributed by atoms with Gasteiger partial charge in [0.2, 0.25) is 0 Å². The van der Waals surface area contributed by atoms with E-state index in [1.54, 1.807) is 0 Å². The minimum atomic E-state index is 0.0463. The van der Waals surface area contributed by atoms with Crippen molar-refractivity contribution in [3.63, 3.8) is 0 Å². The Morgan fingerprint density at radius 3 is 1.55 bits per heavy atom. The van der Waals surface area contributed by atoms with E-state index in [2.05, 4.69) is 18.2 Å². The van der Waals surface area contributed by atoms with E-state index < -0.39 is 0 Å². The van der Waals surface area contributed by atoms with Gasteiger partial charge >= 0.3 is 0 Å². The Hall–Kier alpha value is -0.520. The van der Waals surface area contributed by atoms with Crippen molar-refractivity contribution in [2.75, 3.05) is 14.1 Å². The van der Waals surface area contributed by atoms with Gasteiger partial charge in [-0.2, -0.15) is 0 Å². The maximum absolute atomic E-state index is 8.73. The highest BCUT2D eigenvalue weighted by molar-refractivity contribution is 4.63. The fraction of sp³-hybridized carbons (Fsp3) is 0.778. The van der Waals surface area contributed by atoms with Crippen molar-refractivity contribution in [1.82, 2.24) is 5.32 Å². The van der Waals surface area contributed by atoms with Gasteiger partial charge < -0.3 is 10.4 Å². The average Bonchev–Trinajstić information content (AvgIpc) is 2.46. The average molecular weight is 157 g/mol. The van der Waals surface area contributed by atoms with Gasteiger partial charge in [0.1, 0.15) is 0 Å². The normalized spacial score (nSPS) is 15.7. The molecule has 0 saturated heterocycles. The predicted octanol–water partition coefficient (Wildman–Crippen LogP) is 1.01. The summed E-state index contributed by atoms with van der Waals surface area (Å²) in [4.78, 5) is 0.